The van der Waals surface area contributed by atoms with E-state index >= 15 is 0 Å². The second-order valence-electron chi connectivity index (χ2n) is 6.59. The van der Waals surface area contributed by atoms with Crippen molar-refractivity contribution >= 4 is 11.9 Å². The van der Waals surface area contributed by atoms with Crippen molar-refractivity contribution in [3.63, 3.8) is 0 Å². The van der Waals surface area contributed by atoms with Gasteiger partial charge in [0, 0.05) is 37.9 Å². The van der Waals surface area contributed by atoms with E-state index in [1.165, 1.54) is 7.11 Å². The van der Waals surface area contributed by atoms with Crippen molar-refractivity contribution in [3.8, 4) is 0 Å². The molecule has 2 fully saturated rings. The molecule has 6 heteroatoms. The Balaban J connectivity index is 1.76. The highest BCUT2D eigenvalue weighted by Gasteiger charge is 2.65. The van der Waals surface area contributed by atoms with Crippen molar-refractivity contribution in [3.05, 3.63) is 18.2 Å². The fraction of sp³-hybridized carbons (Fsp3) is 0.688. The second-order valence-corrected chi connectivity index (χ2v) is 6.59. The van der Waals surface area contributed by atoms with Crippen LogP contribution >= 0.6 is 0 Å². The molecule has 1 saturated carbocycles. The Hall–Kier alpha value is -1.85. The predicted octanol–water partition coefficient (Wildman–Crippen LogP) is 1.33. The molecule has 0 bridgehead atoms. The van der Waals surface area contributed by atoms with Crippen LogP contribution in [-0.4, -0.2) is 46.5 Å². The van der Waals surface area contributed by atoms with Gasteiger partial charge < -0.3 is 14.2 Å². The summed E-state index contributed by atoms with van der Waals surface area (Å²) in [6.45, 7) is 3.32. The van der Waals surface area contributed by atoms with Gasteiger partial charge in [0.05, 0.1) is 13.4 Å². The summed E-state index contributed by atoms with van der Waals surface area (Å²) in [7, 11) is 3.33. The van der Waals surface area contributed by atoms with Gasteiger partial charge in [0.15, 0.2) is 0 Å². The Morgan fingerprint density at radius 2 is 2.18 bits per heavy atom. The van der Waals surface area contributed by atoms with Crippen LogP contribution in [0.3, 0.4) is 0 Å². The third kappa shape index (κ3) is 2.21. The number of nitrogens with zero attached hydrogens (tertiary/aromatic N) is 3. The Kier molecular flexibility index (Phi) is 3.70. The molecule has 120 valence electrons. The van der Waals surface area contributed by atoms with Crippen molar-refractivity contribution in [2.45, 2.75) is 32.1 Å². The Bertz CT molecular complexity index is 597. The van der Waals surface area contributed by atoms with Crippen LogP contribution in [0.15, 0.2) is 12.5 Å². The van der Waals surface area contributed by atoms with Crippen LogP contribution in [0.25, 0.3) is 0 Å². The largest absolute Gasteiger partial charge is 0.468 e. The number of rotatable bonds is 3. The summed E-state index contributed by atoms with van der Waals surface area (Å²) < 4.78 is 6.89. The van der Waals surface area contributed by atoms with Crippen molar-refractivity contribution in [2.75, 3.05) is 20.2 Å². The van der Waals surface area contributed by atoms with E-state index in [1.54, 1.807) is 6.33 Å². The summed E-state index contributed by atoms with van der Waals surface area (Å²) in [6, 6.07) is 0. The fourth-order valence-corrected chi connectivity index (χ4v) is 3.72. The van der Waals surface area contributed by atoms with E-state index in [0.29, 0.717) is 13.0 Å². The second kappa shape index (κ2) is 5.41. The van der Waals surface area contributed by atoms with Gasteiger partial charge in [-0.15, -0.1) is 0 Å². The summed E-state index contributed by atoms with van der Waals surface area (Å²) in [5.41, 5.74) is 0.219. The van der Waals surface area contributed by atoms with Crippen LogP contribution in [0.5, 0.6) is 0 Å². The van der Waals surface area contributed by atoms with E-state index in [9.17, 15) is 9.59 Å². The van der Waals surface area contributed by atoms with Crippen LogP contribution in [0, 0.1) is 11.3 Å². The molecule has 6 nitrogen and oxygen atoms in total. The molecular weight excluding hydrogens is 282 g/mol. The molecule has 1 aromatic heterocycles. The molecule has 1 aromatic rings. The van der Waals surface area contributed by atoms with Gasteiger partial charge in [-0.25, -0.2) is 4.98 Å². The maximum absolute atomic E-state index is 12.9. The molecule has 1 aliphatic carbocycles. The molecule has 0 N–H and O–H groups in total. The van der Waals surface area contributed by atoms with Crippen molar-refractivity contribution in [1.29, 1.82) is 0 Å². The molecule has 2 heterocycles. The molecule has 0 aromatic carbocycles. The highest BCUT2D eigenvalue weighted by atomic mass is 16.5. The Morgan fingerprint density at radius 1 is 1.45 bits per heavy atom. The number of piperidine rings is 1. The Morgan fingerprint density at radius 3 is 2.73 bits per heavy atom. The number of methoxy groups -OCH3 is 1. The molecule has 1 saturated heterocycles. The zero-order chi connectivity index (χ0) is 15.9. The lowest BCUT2D eigenvalue weighted by Gasteiger charge is -2.34. The molecule has 0 radical (unpaired) electrons. The van der Waals surface area contributed by atoms with Gasteiger partial charge in [-0.1, -0.05) is 6.92 Å². The Labute approximate surface area is 130 Å². The lowest BCUT2D eigenvalue weighted by molar-refractivity contribution is -0.157. The van der Waals surface area contributed by atoms with E-state index in [4.69, 9.17) is 4.74 Å². The minimum Gasteiger partial charge on any atom is -0.468 e. The van der Waals surface area contributed by atoms with Gasteiger partial charge in [0.2, 0.25) is 5.91 Å². The van der Waals surface area contributed by atoms with Crippen LogP contribution in [0.1, 0.15) is 37.8 Å². The van der Waals surface area contributed by atoms with E-state index in [-0.39, 0.29) is 23.7 Å². The van der Waals surface area contributed by atoms with Gasteiger partial charge in [-0.05, 0) is 25.2 Å². The normalized spacial score (nSPS) is 31.0. The minimum atomic E-state index is -0.927. The molecule has 3 atom stereocenters. The number of amides is 1. The van der Waals surface area contributed by atoms with Crippen LogP contribution in [-0.2, 0) is 21.4 Å². The number of esters is 1. The summed E-state index contributed by atoms with van der Waals surface area (Å²) in [5, 5.41) is 0. The van der Waals surface area contributed by atoms with E-state index in [0.717, 1.165) is 25.1 Å². The number of ether oxygens (including phenoxy) is 1. The molecule has 1 amide bonds. The average molecular weight is 305 g/mol. The first-order chi connectivity index (χ1) is 10.5. The first kappa shape index (κ1) is 15.1. The monoisotopic (exact) mass is 305 g/mol. The molecule has 0 spiro atoms. The van der Waals surface area contributed by atoms with E-state index in [1.807, 2.05) is 29.6 Å². The highest BCUT2D eigenvalue weighted by Crippen LogP contribution is 2.54. The van der Waals surface area contributed by atoms with Crippen molar-refractivity contribution in [1.82, 2.24) is 14.5 Å². The molecule has 1 aliphatic heterocycles. The average Bonchev–Trinajstić information content (AvgIpc) is 3.03. The maximum Gasteiger partial charge on any atom is 0.321 e. The van der Waals surface area contributed by atoms with Gasteiger partial charge in [-0.3, -0.25) is 9.59 Å². The molecule has 2 aliphatic rings. The standard InChI is InChI=1S/C16H23N3O3/c1-11-7-16(11,15(21)22-3)14(20)19-6-4-5-12(9-19)13-8-17-10-18(13)2/h8,10-12H,4-7,9H2,1-3H3. The number of likely N-dealkylation sites (tertiary alicyclic amines) is 1. The van der Waals surface area contributed by atoms with Gasteiger partial charge in [-0.2, -0.15) is 0 Å². The van der Waals surface area contributed by atoms with Gasteiger partial charge in [0.25, 0.3) is 0 Å². The fourth-order valence-electron chi connectivity index (χ4n) is 3.72. The van der Waals surface area contributed by atoms with Crippen molar-refractivity contribution < 1.29 is 14.3 Å². The zero-order valence-electron chi connectivity index (χ0n) is 13.4. The topological polar surface area (TPSA) is 64.4 Å². The summed E-state index contributed by atoms with van der Waals surface area (Å²) in [6.07, 6.45) is 6.26. The van der Waals surface area contributed by atoms with Crippen LogP contribution < -0.4 is 0 Å². The summed E-state index contributed by atoms with van der Waals surface area (Å²) in [4.78, 5) is 31.0. The lowest BCUT2D eigenvalue weighted by Crippen LogP contribution is -2.46. The van der Waals surface area contributed by atoms with E-state index in [2.05, 4.69) is 4.98 Å². The molecule has 22 heavy (non-hydrogen) atoms. The minimum absolute atomic E-state index is 0.0567. The number of aromatic nitrogens is 2. The third-order valence-corrected chi connectivity index (χ3v) is 5.22. The highest BCUT2D eigenvalue weighted by molar-refractivity contribution is 6.06. The number of carbonyl (C=O) groups excluding carboxylic acids is 2. The number of aryl methyl sites for hydroxylation is 1. The first-order valence-electron chi connectivity index (χ1n) is 7.84. The van der Waals surface area contributed by atoms with E-state index < -0.39 is 5.41 Å². The van der Waals surface area contributed by atoms with Crippen LogP contribution in [0.4, 0.5) is 0 Å². The molecule has 3 unspecified atom stereocenters. The third-order valence-electron chi connectivity index (χ3n) is 5.22. The predicted molar refractivity (Wildman–Crippen MR) is 80.0 cm³/mol. The summed E-state index contributed by atoms with van der Waals surface area (Å²) >= 11 is 0. The number of imidazole rings is 1. The molecular formula is C16H23N3O3. The maximum atomic E-state index is 12.9. The smallest absolute Gasteiger partial charge is 0.321 e. The summed E-state index contributed by atoms with van der Waals surface area (Å²) in [5.74, 6) is -0.0788. The number of carbonyl (C=O) groups is 2. The first-order valence-corrected chi connectivity index (χ1v) is 7.84. The number of hydrogen-bond acceptors (Lipinski definition) is 4. The quantitative estimate of drug-likeness (QED) is 0.624. The van der Waals surface area contributed by atoms with Gasteiger partial charge in [0.1, 0.15) is 5.41 Å². The van der Waals surface area contributed by atoms with Crippen LogP contribution in [0.2, 0.25) is 0 Å². The van der Waals surface area contributed by atoms with Crippen molar-refractivity contribution in [2.24, 2.45) is 18.4 Å². The molecule has 3 rings (SSSR count). The zero-order valence-corrected chi connectivity index (χ0v) is 13.4. The number of hydrogen-bond donors (Lipinski definition) is 0. The van der Waals surface area contributed by atoms with Gasteiger partial charge >= 0.3 is 5.97 Å². The SMILES string of the molecule is COC(=O)C1(C(=O)N2CCCC(c3cncn3C)C2)CC1C. The lowest BCUT2D eigenvalue weighted by atomic mass is 9.92.